The molecule has 1 heterocycles. The van der Waals surface area contributed by atoms with Crippen molar-refractivity contribution in [3.8, 4) is 0 Å². The summed E-state index contributed by atoms with van der Waals surface area (Å²) in [5.74, 6) is -0.810. The van der Waals surface area contributed by atoms with Crippen LogP contribution >= 0.6 is 23.2 Å². The van der Waals surface area contributed by atoms with Gasteiger partial charge in [0.1, 0.15) is 12.7 Å². The zero-order chi connectivity index (χ0) is 21.4. The smallest absolute Gasteiger partial charge is 0.411 e. The molecule has 0 aliphatic rings. The summed E-state index contributed by atoms with van der Waals surface area (Å²) in [5, 5.41) is 26.1. The van der Waals surface area contributed by atoms with Gasteiger partial charge in [-0.3, -0.25) is 25.2 Å². The van der Waals surface area contributed by atoms with Crippen molar-refractivity contribution in [2.45, 2.75) is 17.0 Å². The molecule has 0 saturated heterocycles. The molecule has 10 nitrogen and oxygen atoms in total. The van der Waals surface area contributed by atoms with Crippen molar-refractivity contribution in [3.05, 3.63) is 64.5 Å². The number of ether oxygens (including phenoxy) is 1. The SMILES string of the molecule is O=C(Nc1cccnc1)OC[C@H](NC(=O)C(Cl)Cl)[C@@H](O)c1ccc([N+](=O)[O-])cc1. The van der Waals surface area contributed by atoms with E-state index in [1.807, 2.05) is 0 Å². The van der Waals surface area contributed by atoms with E-state index < -0.39 is 40.5 Å². The zero-order valence-corrected chi connectivity index (χ0v) is 16.2. The Hall–Kier alpha value is -2.95. The van der Waals surface area contributed by atoms with Crippen molar-refractivity contribution in [2.24, 2.45) is 0 Å². The van der Waals surface area contributed by atoms with Crippen LogP contribution in [0.2, 0.25) is 0 Å². The van der Waals surface area contributed by atoms with Crippen molar-refractivity contribution >= 4 is 46.6 Å². The summed E-state index contributed by atoms with van der Waals surface area (Å²) in [7, 11) is 0. The summed E-state index contributed by atoms with van der Waals surface area (Å²) in [6, 6.07) is 7.10. The lowest BCUT2D eigenvalue weighted by molar-refractivity contribution is -0.384. The van der Waals surface area contributed by atoms with Gasteiger partial charge < -0.3 is 15.2 Å². The number of carbonyl (C=O) groups is 2. The third-order valence-corrected chi connectivity index (χ3v) is 4.05. The number of aliphatic hydroxyl groups is 1. The molecule has 0 fully saturated rings. The minimum absolute atomic E-state index is 0.171. The fourth-order valence-electron chi connectivity index (χ4n) is 2.24. The lowest BCUT2D eigenvalue weighted by Gasteiger charge is -2.24. The van der Waals surface area contributed by atoms with Gasteiger partial charge >= 0.3 is 6.09 Å². The normalized spacial score (nSPS) is 12.7. The Kier molecular flexibility index (Phi) is 8.13. The maximum Gasteiger partial charge on any atom is 0.411 e. The number of hydrogen-bond acceptors (Lipinski definition) is 7. The van der Waals surface area contributed by atoms with E-state index in [0.29, 0.717) is 5.69 Å². The van der Waals surface area contributed by atoms with E-state index in [9.17, 15) is 24.8 Å². The van der Waals surface area contributed by atoms with Gasteiger partial charge in [0.2, 0.25) is 0 Å². The number of non-ortho nitro benzene ring substituents is 1. The second-order valence-corrected chi connectivity index (χ2v) is 6.77. The van der Waals surface area contributed by atoms with Crippen LogP contribution in [0.3, 0.4) is 0 Å². The number of hydrogen-bond donors (Lipinski definition) is 3. The molecule has 2 atom stereocenters. The number of amides is 2. The summed E-state index contributed by atoms with van der Waals surface area (Å²) in [4.78, 5) is 36.3. The Morgan fingerprint density at radius 2 is 1.93 bits per heavy atom. The molecule has 0 spiro atoms. The first-order chi connectivity index (χ1) is 13.8. The molecule has 1 aromatic carbocycles. The van der Waals surface area contributed by atoms with Gasteiger partial charge in [-0.05, 0) is 29.8 Å². The third-order valence-electron chi connectivity index (χ3n) is 3.65. The van der Waals surface area contributed by atoms with Crippen molar-refractivity contribution in [1.29, 1.82) is 0 Å². The fourth-order valence-corrected chi connectivity index (χ4v) is 2.37. The Balaban J connectivity index is 2.07. The van der Waals surface area contributed by atoms with Crippen LogP contribution in [0.4, 0.5) is 16.2 Å². The molecule has 0 aliphatic heterocycles. The number of anilines is 1. The average molecular weight is 443 g/mol. The molecule has 2 aromatic rings. The third kappa shape index (κ3) is 6.86. The molecule has 0 aliphatic carbocycles. The largest absolute Gasteiger partial charge is 0.447 e. The number of nitro groups is 1. The lowest BCUT2D eigenvalue weighted by Crippen LogP contribution is -2.45. The molecule has 0 saturated carbocycles. The van der Waals surface area contributed by atoms with Crippen LogP contribution in [-0.2, 0) is 9.53 Å². The monoisotopic (exact) mass is 442 g/mol. The van der Waals surface area contributed by atoms with Gasteiger partial charge in [-0.1, -0.05) is 23.2 Å². The predicted octanol–water partition coefficient (Wildman–Crippen LogP) is 2.56. The van der Waals surface area contributed by atoms with Crippen LogP contribution in [0.15, 0.2) is 48.8 Å². The number of aromatic nitrogens is 1. The summed E-state index contributed by atoms with van der Waals surface area (Å²) in [5.41, 5.74) is 0.462. The van der Waals surface area contributed by atoms with Crippen molar-refractivity contribution in [2.75, 3.05) is 11.9 Å². The van der Waals surface area contributed by atoms with Crippen molar-refractivity contribution in [3.63, 3.8) is 0 Å². The highest BCUT2D eigenvalue weighted by molar-refractivity contribution is 6.53. The summed E-state index contributed by atoms with van der Waals surface area (Å²) >= 11 is 11.0. The summed E-state index contributed by atoms with van der Waals surface area (Å²) in [6.45, 7) is -0.434. The van der Waals surface area contributed by atoms with Crippen LogP contribution in [-0.4, -0.2) is 44.5 Å². The minimum atomic E-state index is -1.41. The van der Waals surface area contributed by atoms with Crippen LogP contribution in [0.25, 0.3) is 0 Å². The number of rotatable bonds is 8. The van der Waals surface area contributed by atoms with Gasteiger partial charge in [0.25, 0.3) is 11.6 Å². The molecule has 2 amide bonds. The number of benzene rings is 1. The quantitative estimate of drug-likeness (QED) is 0.323. The topological polar surface area (TPSA) is 144 Å². The number of nitro benzene ring substituents is 1. The maximum absolute atomic E-state index is 11.9. The molecule has 3 N–H and O–H groups in total. The number of nitrogens with zero attached hydrogens (tertiary/aromatic N) is 2. The van der Waals surface area contributed by atoms with E-state index in [2.05, 4.69) is 15.6 Å². The minimum Gasteiger partial charge on any atom is -0.447 e. The Labute approximate surface area is 174 Å². The molecule has 0 radical (unpaired) electrons. The first-order valence-corrected chi connectivity index (χ1v) is 9.00. The van der Waals surface area contributed by atoms with Gasteiger partial charge in [-0.15, -0.1) is 0 Å². The highest BCUT2D eigenvalue weighted by Crippen LogP contribution is 2.21. The number of nitrogens with one attached hydrogen (secondary N) is 2. The summed E-state index contributed by atoms with van der Waals surface area (Å²) in [6.07, 6.45) is 0.717. The van der Waals surface area contributed by atoms with Gasteiger partial charge in [0.05, 0.1) is 22.8 Å². The van der Waals surface area contributed by atoms with E-state index in [1.54, 1.807) is 12.1 Å². The number of carbonyl (C=O) groups excluding carboxylic acids is 2. The predicted molar refractivity (Wildman–Crippen MR) is 105 cm³/mol. The van der Waals surface area contributed by atoms with E-state index >= 15 is 0 Å². The zero-order valence-electron chi connectivity index (χ0n) is 14.7. The van der Waals surface area contributed by atoms with Gasteiger partial charge in [-0.25, -0.2) is 4.79 Å². The van der Waals surface area contributed by atoms with E-state index in [4.69, 9.17) is 27.9 Å². The number of halogens is 2. The number of alkyl halides is 2. The molecular weight excluding hydrogens is 427 g/mol. The molecule has 12 heteroatoms. The molecule has 29 heavy (non-hydrogen) atoms. The second kappa shape index (κ2) is 10.6. The van der Waals surface area contributed by atoms with Gasteiger partial charge in [-0.2, -0.15) is 0 Å². The van der Waals surface area contributed by atoms with Crippen molar-refractivity contribution < 1.29 is 24.4 Å². The maximum atomic E-state index is 11.9. The number of pyridine rings is 1. The average Bonchev–Trinajstić information content (AvgIpc) is 2.71. The van der Waals surface area contributed by atoms with E-state index in [1.165, 1.54) is 36.7 Å². The molecule has 2 rings (SSSR count). The van der Waals surface area contributed by atoms with Crippen LogP contribution in [0.5, 0.6) is 0 Å². The van der Waals surface area contributed by atoms with E-state index in [0.717, 1.165) is 0 Å². The lowest BCUT2D eigenvalue weighted by atomic mass is 10.0. The first-order valence-electron chi connectivity index (χ1n) is 8.12. The van der Waals surface area contributed by atoms with Gasteiger partial charge in [0, 0.05) is 18.3 Å². The summed E-state index contributed by atoms with van der Waals surface area (Å²) < 4.78 is 5.05. The molecule has 154 valence electrons. The fraction of sp³-hybridized carbons (Fsp3) is 0.235. The highest BCUT2D eigenvalue weighted by Gasteiger charge is 2.27. The van der Waals surface area contributed by atoms with Gasteiger partial charge in [0.15, 0.2) is 4.84 Å². The molecule has 0 unspecified atom stereocenters. The Morgan fingerprint density at radius 3 is 2.48 bits per heavy atom. The first kappa shape index (κ1) is 22.3. The number of aliphatic hydroxyl groups excluding tert-OH is 1. The second-order valence-electron chi connectivity index (χ2n) is 5.67. The molecule has 1 aromatic heterocycles. The molecule has 0 bridgehead atoms. The Morgan fingerprint density at radius 1 is 1.24 bits per heavy atom. The molecular formula is C17H16Cl2N4O6. The van der Waals surface area contributed by atoms with Crippen LogP contribution < -0.4 is 10.6 Å². The highest BCUT2D eigenvalue weighted by atomic mass is 35.5. The van der Waals surface area contributed by atoms with Crippen molar-refractivity contribution in [1.82, 2.24) is 10.3 Å². The van der Waals surface area contributed by atoms with E-state index in [-0.39, 0.29) is 11.3 Å². The van der Waals surface area contributed by atoms with Crippen LogP contribution in [0, 0.1) is 10.1 Å². The Bertz CT molecular complexity index is 851. The standard InChI is InChI=1S/C17H16Cl2N4O6/c18-15(19)16(25)22-13(9-29-17(26)21-11-2-1-7-20-8-11)14(24)10-3-5-12(6-4-10)23(27)28/h1-8,13-15,24H,9H2,(H,21,26)(H,22,25)/t13-,14-/m0/s1. The van der Waals surface area contributed by atoms with Crippen LogP contribution in [0.1, 0.15) is 11.7 Å².